The monoisotopic (exact) mass is 353 g/mol. The minimum absolute atomic E-state index is 0.00667. The average Bonchev–Trinajstić information content (AvgIpc) is 3.14. The summed E-state index contributed by atoms with van der Waals surface area (Å²) < 4.78 is 5.26. The van der Waals surface area contributed by atoms with Gasteiger partial charge >= 0.3 is 0 Å². The van der Waals surface area contributed by atoms with Crippen LogP contribution in [0.2, 0.25) is 0 Å². The van der Waals surface area contributed by atoms with Gasteiger partial charge in [-0.2, -0.15) is 0 Å². The largest absolute Gasteiger partial charge is 0.459 e. The number of nitrogens with zero attached hydrogens (tertiary/aromatic N) is 2. The minimum atomic E-state index is -0.446. The molecule has 1 saturated heterocycles. The van der Waals surface area contributed by atoms with E-state index in [0.717, 1.165) is 13.0 Å². The van der Waals surface area contributed by atoms with E-state index < -0.39 is 6.04 Å². The second-order valence-corrected chi connectivity index (χ2v) is 7.93. The molecule has 0 saturated carbocycles. The molecule has 0 aliphatic carbocycles. The number of furan rings is 1. The van der Waals surface area contributed by atoms with Crippen molar-refractivity contribution >= 4 is 23.6 Å². The summed E-state index contributed by atoms with van der Waals surface area (Å²) in [5, 5.41) is 2.95. The third-order valence-electron chi connectivity index (χ3n) is 3.89. The van der Waals surface area contributed by atoms with Crippen molar-refractivity contribution in [3.8, 4) is 0 Å². The topological polar surface area (TPSA) is 65.8 Å². The molecule has 2 rings (SSSR count). The lowest BCUT2D eigenvalue weighted by Gasteiger charge is -2.29. The van der Waals surface area contributed by atoms with E-state index in [1.54, 1.807) is 28.8 Å². The second kappa shape index (κ2) is 8.58. The molecule has 134 valence electrons. The summed E-state index contributed by atoms with van der Waals surface area (Å²) in [6, 6.07) is 2.90. The van der Waals surface area contributed by atoms with Crippen molar-refractivity contribution in [3.05, 3.63) is 24.2 Å². The lowest BCUT2D eigenvalue weighted by Crippen LogP contribution is -2.50. The normalized spacial score (nSPS) is 20.8. The lowest BCUT2D eigenvalue weighted by atomic mass is 10.1. The summed E-state index contributed by atoms with van der Waals surface area (Å²) in [6.45, 7) is 5.60. The quantitative estimate of drug-likeness (QED) is 0.811. The Balaban J connectivity index is 2.10. The summed E-state index contributed by atoms with van der Waals surface area (Å²) in [4.78, 5) is 29.1. The summed E-state index contributed by atoms with van der Waals surface area (Å²) in [7, 11) is 3.92. The molecule has 0 bridgehead atoms. The van der Waals surface area contributed by atoms with Crippen LogP contribution in [0.25, 0.3) is 0 Å². The van der Waals surface area contributed by atoms with Crippen LogP contribution in [0.3, 0.4) is 0 Å². The van der Waals surface area contributed by atoms with E-state index in [-0.39, 0.29) is 22.9 Å². The highest BCUT2D eigenvalue weighted by atomic mass is 32.2. The molecule has 2 atom stereocenters. The van der Waals surface area contributed by atoms with E-state index in [4.69, 9.17) is 4.42 Å². The summed E-state index contributed by atoms with van der Waals surface area (Å²) in [5.74, 6) is 1.07. The molecule has 0 radical (unpaired) electrons. The first-order valence-corrected chi connectivity index (χ1v) is 9.35. The Hall–Kier alpha value is -1.47. The van der Waals surface area contributed by atoms with Gasteiger partial charge in [-0.05, 0) is 38.6 Å². The van der Waals surface area contributed by atoms with Crippen molar-refractivity contribution in [2.75, 3.05) is 32.9 Å². The highest BCUT2D eigenvalue weighted by Crippen LogP contribution is 2.34. The molecule has 1 aromatic heterocycles. The predicted octanol–water partition coefficient (Wildman–Crippen LogP) is 1.89. The van der Waals surface area contributed by atoms with Gasteiger partial charge in [-0.25, -0.2) is 0 Å². The Bertz CT molecular complexity index is 545. The van der Waals surface area contributed by atoms with Crippen molar-refractivity contribution in [2.45, 2.75) is 31.7 Å². The molecule has 1 aliphatic rings. The third-order valence-corrected chi connectivity index (χ3v) is 5.21. The van der Waals surface area contributed by atoms with Crippen molar-refractivity contribution in [3.63, 3.8) is 0 Å². The van der Waals surface area contributed by atoms with Gasteiger partial charge in [0, 0.05) is 18.8 Å². The first-order chi connectivity index (χ1) is 11.4. The smallest absolute Gasteiger partial charge is 0.291 e. The summed E-state index contributed by atoms with van der Waals surface area (Å²) >= 11 is 1.67. The van der Waals surface area contributed by atoms with E-state index in [1.165, 1.54) is 6.26 Å². The van der Waals surface area contributed by atoms with Crippen LogP contribution in [0.5, 0.6) is 0 Å². The van der Waals surface area contributed by atoms with Crippen LogP contribution in [0, 0.1) is 5.92 Å². The average molecular weight is 353 g/mol. The molecule has 6 nitrogen and oxygen atoms in total. The Morgan fingerprint density at radius 3 is 2.79 bits per heavy atom. The highest BCUT2D eigenvalue weighted by Gasteiger charge is 2.42. The van der Waals surface area contributed by atoms with Crippen LogP contribution in [0.4, 0.5) is 0 Å². The molecule has 0 aromatic carbocycles. The summed E-state index contributed by atoms with van der Waals surface area (Å²) in [6.07, 6.45) is 2.35. The van der Waals surface area contributed by atoms with Crippen LogP contribution in [0.1, 0.15) is 30.8 Å². The molecule has 2 amide bonds. The van der Waals surface area contributed by atoms with Gasteiger partial charge in [-0.1, -0.05) is 13.8 Å². The van der Waals surface area contributed by atoms with E-state index >= 15 is 0 Å². The fraction of sp³-hybridized carbons (Fsp3) is 0.647. The first-order valence-electron chi connectivity index (χ1n) is 8.30. The van der Waals surface area contributed by atoms with Crippen LogP contribution < -0.4 is 5.32 Å². The molecule has 24 heavy (non-hydrogen) atoms. The molecule has 0 spiro atoms. The van der Waals surface area contributed by atoms with E-state index in [9.17, 15) is 9.59 Å². The Labute approximate surface area is 147 Å². The van der Waals surface area contributed by atoms with Gasteiger partial charge in [-0.15, -0.1) is 11.8 Å². The van der Waals surface area contributed by atoms with Crippen molar-refractivity contribution in [2.24, 2.45) is 5.92 Å². The van der Waals surface area contributed by atoms with Gasteiger partial charge in [0.1, 0.15) is 6.04 Å². The number of rotatable bonds is 7. The van der Waals surface area contributed by atoms with Gasteiger partial charge in [0.25, 0.3) is 5.91 Å². The molecule has 1 aliphatic heterocycles. The Morgan fingerprint density at radius 2 is 2.21 bits per heavy atom. The fourth-order valence-electron chi connectivity index (χ4n) is 2.67. The van der Waals surface area contributed by atoms with Gasteiger partial charge in [0.2, 0.25) is 5.91 Å². The highest BCUT2D eigenvalue weighted by molar-refractivity contribution is 8.00. The maximum Gasteiger partial charge on any atom is 0.291 e. The summed E-state index contributed by atoms with van der Waals surface area (Å²) in [5.41, 5.74) is 0. The molecule has 1 N–H and O–H groups in total. The predicted molar refractivity (Wildman–Crippen MR) is 95.9 cm³/mol. The Morgan fingerprint density at radius 1 is 1.46 bits per heavy atom. The SMILES string of the molecule is CC(C)CC1SCC(C(=O)NCCN(C)C)N1C(=O)c1ccco1. The van der Waals surface area contributed by atoms with E-state index in [0.29, 0.717) is 18.2 Å². The molecule has 1 aromatic rings. The van der Waals surface area contributed by atoms with Gasteiger partial charge in [-0.3, -0.25) is 9.59 Å². The van der Waals surface area contributed by atoms with Crippen LogP contribution in [-0.4, -0.2) is 66.0 Å². The molecule has 2 unspecified atom stereocenters. The first kappa shape index (κ1) is 18.9. The lowest BCUT2D eigenvalue weighted by molar-refractivity contribution is -0.124. The Kier molecular flexibility index (Phi) is 6.74. The molecule has 2 heterocycles. The number of carbonyl (C=O) groups is 2. The standard InChI is InChI=1S/C17H27N3O3S/c1-12(2)10-15-20(17(22)14-6-5-9-23-14)13(11-24-15)16(21)18-7-8-19(3)4/h5-6,9,12-13,15H,7-8,10-11H2,1-4H3,(H,18,21). The van der Waals surface area contributed by atoms with Crippen molar-refractivity contribution < 1.29 is 14.0 Å². The number of nitrogens with one attached hydrogen (secondary N) is 1. The van der Waals surface area contributed by atoms with Crippen molar-refractivity contribution in [1.82, 2.24) is 15.1 Å². The maximum atomic E-state index is 12.8. The third kappa shape index (κ3) is 4.77. The molecule has 1 fully saturated rings. The molecule has 7 heteroatoms. The van der Waals surface area contributed by atoms with Crippen LogP contribution >= 0.6 is 11.8 Å². The van der Waals surface area contributed by atoms with Crippen molar-refractivity contribution in [1.29, 1.82) is 0 Å². The molecular weight excluding hydrogens is 326 g/mol. The zero-order chi connectivity index (χ0) is 17.7. The van der Waals surface area contributed by atoms with Gasteiger partial charge in [0.05, 0.1) is 11.6 Å². The number of carbonyl (C=O) groups excluding carboxylic acids is 2. The van der Waals surface area contributed by atoms with Gasteiger partial charge in [0.15, 0.2) is 5.76 Å². The van der Waals surface area contributed by atoms with Crippen LogP contribution in [-0.2, 0) is 4.79 Å². The maximum absolute atomic E-state index is 12.8. The number of likely N-dealkylation sites (N-methyl/N-ethyl adjacent to an activating group) is 1. The number of hydrogen-bond acceptors (Lipinski definition) is 5. The zero-order valence-electron chi connectivity index (χ0n) is 14.8. The number of thioether (sulfide) groups is 1. The zero-order valence-corrected chi connectivity index (χ0v) is 15.6. The van der Waals surface area contributed by atoms with Crippen LogP contribution in [0.15, 0.2) is 22.8 Å². The second-order valence-electron chi connectivity index (χ2n) is 6.72. The van der Waals surface area contributed by atoms with E-state index in [1.807, 2.05) is 19.0 Å². The number of hydrogen-bond donors (Lipinski definition) is 1. The van der Waals surface area contributed by atoms with Gasteiger partial charge < -0.3 is 19.5 Å². The number of amides is 2. The van der Waals surface area contributed by atoms with E-state index in [2.05, 4.69) is 19.2 Å². The fourth-order valence-corrected chi connectivity index (χ4v) is 4.31. The molecular formula is C17H27N3O3S. The minimum Gasteiger partial charge on any atom is -0.459 e.